The van der Waals surface area contributed by atoms with Crippen LogP contribution in [0.5, 0.6) is 11.5 Å². The summed E-state index contributed by atoms with van der Waals surface area (Å²) in [5.41, 5.74) is -0.141. The van der Waals surface area contributed by atoms with E-state index in [4.69, 9.17) is 9.47 Å². The van der Waals surface area contributed by atoms with Gasteiger partial charge in [-0.3, -0.25) is 10.1 Å². The Morgan fingerprint density at radius 2 is 1.83 bits per heavy atom. The first-order valence-corrected chi connectivity index (χ1v) is 11.0. The van der Waals surface area contributed by atoms with Gasteiger partial charge in [0.1, 0.15) is 5.75 Å². The van der Waals surface area contributed by atoms with E-state index in [0.717, 1.165) is 15.2 Å². The normalized spacial score (nSPS) is 14.6. The second-order valence-corrected chi connectivity index (χ2v) is 8.54. The van der Waals surface area contributed by atoms with Gasteiger partial charge in [0.15, 0.2) is 5.70 Å². The van der Waals surface area contributed by atoms with E-state index in [2.05, 4.69) is 27.6 Å². The predicted octanol–water partition coefficient (Wildman–Crippen LogP) is 6.66. The van der Waals surface area contributed by atoms with Gasteiger partial charge >= 0.3 is 17.8 Å². The summed E-state index contributed by atoms with van der Waals surface area (Å²) >= 11 is 2.18. The van der Waals surface area contributed by atoms with Crippen molar-refractivity contribution in [3.63, 3.8) is 0 Å². The number of nitro groups is 1. The summed E-state index contributed by atoms with van der Waals surface area (Å²) in [7, 11) is 0. The van der Waals surface area contributed by atoms with E-state index in [1.807, 2.05) is 19.1 Å². The molecule has 0 saturated carbocycles. The van der Waals surface area contributed by atoms with Crippen LogP contribution in [0.4, 0.5) is 18.9 Å². The van der Waals surface area contributed by atoms with E-state index in [1.54, 1.807) is 24.3 Å². The number of hydrogen-bond donors (Lipinski definition) is 0. The van der Waals surface area contributed by atoms with E-state index in [0.29, 0.717) is 23.3 Å². The first kappa shape index (κ1) is 24.4. The maximum atomic E-state index is 13.0. The van der Waals surface area contributed by atoms with Crippen molar-refractivity contribution in [3.05, 3.63) is 102 Å². The number of hydrogen-bond acceptors (Lipinski definition) is 6. The number of rotatable bonds is 5. The summed E-state index contributed by atoms with van der Waals surface area (Å²) in [6.45, 7) is 1.91. The summed E-state index contributed by atoms with van der Waals surface area (Å²) < 4.78 is 50.9. The lowest BCUT2D eigenvalue weighted by Gasteiger charge is -2.11. The Kier molecular flexibility index (Phi) is 6.61. The Morgan fingerprint density at radius 1 is 1.09 bits per heavy atom. The molecule has 11 heteroatoms. The highest BCUT2D eigenvalue weighted by molar-refractivity contribution is 14.1. The summed E-state index contributed by atoms with van der Waals surface area (Å²) in [6, 6.07) is 13.7. The fourth-order valence-corrected chi connectivity index (χ4v) is 3.53. The van der Waals surface area contributed by atoms with Crippen LogP contribution in [0.2, 0.25) is 0 Å². The third-order valence-corrected chi connectivity index (χ3v) is 6.15. The highest BCUT2D eigenvalue weighted by atomic mass is 127. The number of carbonyl (C=O) groups is 1. The maximum Gasteiger partial charge on any atom is 0.416 e. The zero-order valence-electron chi connectivity index (χ0n) is 17.8. The lowest BCUT2D eigenvalue weighted by molar-refractivity contribution is -0.385. The summed E-state index contributed by atoms with van der Waals surface area (Å²) in [4.78, 5) is 27.1. The van der Waals surface area contributed by atoms with Gasteiger partial charge in [0.05, 0.1) is 10.5 Å². The molecule has 4 rings (SSSR count). The minimum absolute atomic E-state index is 0.0332. The van der Waals surface area contributed by atoms with Gasteiger partial charge in [0.2, 0.25) is 11.6 Å². The molecule has 35 heavy (non-hydrogen) atoms. The number of aliphatic imine (C=N–C) groups is 1. The molecule has 3 aromatic rings. The van der Waals surface area contributed by atoms with Crippen LogP contribution in [0.3, 0.4) is 0 Å². The molecule has 0 fully saturated rings. The van der Waals surface area contributed by atoms with Crippen molar-refractivity contribution in [3.8, 4) is 11.5 Å². The highest BCUT2D eigenvalue weighted by Crippen LogP contribution is 2.39. The Balaban J connectivity index is 1.69. The minimum Gasteiger partial charge on any atom is -0.449 e. The van der Waals surface area contributed by atoms with E-state index in [9.17, 15) is 28.1 Å². The number of para-hydroxylation sites is 1. The molecule has 0 radical (unpaired) electrons. The number of ether oxygens (including phenoxy) is 2. The van der Waals surface area contributed by atoms with Gasteiger partial charge in [0.25, 0.3) is 0 Å². The lowest BCUT2D eigenvalue weighted by atomic mass is 10.1. The van der Waals surface area contributed by atoms with Crippen LogP contribution in [0.25, 0.3) is 6.08 Å². The average molecular weight is 594 g/mol. The summed E-state index contributed by atoms with van der Waals surface area (Å²) in [5.74, 6) is -0.894. The Labute approximate surface area is 210 Å². The van der Waals surface area contributed by atoms with Gasteiger partial charge in [-0.2, -0.15) is 13.2 Å². The van der Waals surface area contributed by atoms with Crippen molar-refractivity contribution in [2.45, 2.75) is 13.1 Å². The van der Waals surface area contributed by atoms with Crippen molar-refractivity contribution in [2.75, 3.05) is 0 Å². The van der Waals surface area contributed by atoms with E-state index >= 15 is 0 Å². The molecule has 0 amide bonds. The van der Waals surface area contributed by atoms with Crippen LogP contribution in [0.1, 0.15) is 22.3 Å². The number of carbonyl (C=O) groups excluding carboxylic acids is 1. The number of alkyl halides is 3. The van der Waals surface area contributed by atoms with Crippen LogP contribution in [0.15, 0.2) is 71.4 Å². The third-order valence-electron chi connectivity index (χ3n) is 4.94. The van der Waals surface area contributed by atoms with Crippen molar-refractivity contribution in [1.29, 1.82) is 0 Å². The number of nitro benzene ring substituents is 1. The van der Waals surface area contributed by atoms with Crippen LogP contribution in [0, 0.1) is 20.6 Å². The van der Waals surface area contributed by atoms with Crippen molar-refractivity contribution < 1.29 is 32.4 Å². The van der Waals surface area contributed by atoms with Crippen molar-refractivity contribution >= 4 is 46.2 Å². The molecule has 0 atom stereocenters. The molecule has 0 aliphatic carbocycles. The standard InChI is InChI=1S/C24H14F3IN2O5/c1-13-10-15(6-8-17(13)28)22-29-18(23(31)35-22)11-14-4-2-3-5-20(14)34-21-9-7-16(24(25,26)27)12-19(21)30(32)33/h2-12H,1H3/b18-11-. The number of nitrogens with zero attached hydrogens (tertiary/aromatic N) is 2. The molecule has 1 aliphatic rings. The van der Waals surface area contributed by atoms with Crippen LogP contribution >= 0.6 is 22.6 Å². The average Bonchev–Trinajstić information content (AvgIpc) is 3.16. The largest absolute Gasteiger partial charge is 0.449 e. The predicted molar refractivity (Wildman–Crippen MR) is 129 cm³/mol. The quantitative estimate of drug-likeness (QED) is 0.108. The molecule has 178 valence electrons. The Hall–Kier alpha value is -3.74. The smallest absolute Gasteiger partial charge is 0.416 e. The number of aryl methyl sites for hydroxylation is 1. The van der Waals surface area contributed by atoms with E-state index < -0.39 is 28.3 Å². The van der Waals surface area contributed by atoms with Gasteiger partial charge in [-0.15, -0.1) is 0 Å². The van der Waals surface area contributed by atoms with Gasteiger partial charge in [0, 0.05) is 20.8 Å². The van der Waals surface area contributed by atoms with Gasteiger partial charge in [-0.25, -0.2) is 9.79 Å². The number of benzene rings is 3. The van der Waals surface area contributed by atoms with Gasteiger partial charge in [-0.1, -0.05) is 18.2 Å². The SMILES string of the molecule is Cc1cc(C2=N/C(=C\c3ccccc3Oc3ccc(C(F)(F)F)cc3[N+](=O)[O-])C(=O)O2)ccc1I. The third kappa shape index (κ3) is 5.34. The lowest BCUT2D eigenvalue weighted by Crippen LogP contribution is -2.06. The van der Waals surface area contributed by atoms with Crippen LogP contribution in [-0.4, -0.2) is 16.8 Å². The van der Waals surface area contributed by atoms with Gasteiger partial charge < -0.3 is 9.47 Å². The Morgan fingerprint density at radius 3 is 2.51 bits per heavy atom. The molecule has 3 aromatic carbocycles. The molecular formula is C24H14F3IN2O5. The zero-order chi connectivity index (χ0) is 25.3. The molecule has 0 unspecified atom stereocenters. The molecule has 0 bridgehead atoms. The summed E-state index contributed by atoms with van der Waals surface area (Å²) in [6.07, 6.45) is -3.38. The van der Waals surface area contributed by atoms with Crippen LogP contribution in [-0.2, 0) is 15.7 Å². The number of halogens is 4. The molecule has 1 aliphatic heterocycles. The molecule has 0 aromatic heterocycles. The molecule has 7 nitrogen and oxygen atoms in total. The topological polar surface area (TPSA) is 91.0 Å². The van der Waals surface area contributed by atoms with Gasteiger partial charge in [-0.05, 0) is 77.6 Å². The van der Waals surface area contributed by atoms with E-state index in [-0.39, 0.29) is 23.1 Å². The fraction of sp³-hybridized carbons (Fsp3) is 0.0833. The second kappa shape index (κ2) is 9.49. The first-order valence-electron chi connectivity index (χ1n) is 9.94. The summed E-state index contributed by atoms with van der Waals surface area (Å²) in [5, 5.41) is 11.4. The van der Waals surface area contributed by atoms with Crippen molar-refractivity contribution in [2.24, 2.45) is 4.99 Å². The molecule has 1 heterocycles. The van der Waals surface area contributed by atoms with Crippen LogP contribution < -0.4 is 4.74 Å². The number of cyclic esters (lactones) is 1. The van der Waals surface area contributed by atoms with Crippen molar-refractivity contribution in [1.82, 2.24) is 0 Å². The number of esters is 1. The fourth-order valence-electron chi connectivity index (χ4n) is 3.19. The maximum absolute atomic E-state index is 13.0. The second-order valence-electron chi connectivity index (χ2n) is 7.38. The first-order chi connectivity index (χ1) is 16.5. The molecule has 0 saturated heterocycles. The monoisotopic (exact) mass is 594 g/mol. The highest BCUT2D eigenvalue weighted by Gasteiger charge is 2.33. The molecular weight excluding hydrogens is 580 g/mol. The van der Waals surface area contributed by atoms with E-state index in [1.165, 1.54) is 12.1 Å². The Bertz CT molecular complexity index is 1420. The molecule has 0 spiro atoms. The molecule has 0 N–H and O–H groups in total. The minimum atomic E-state index is -4.75. The zero-order valence-corrected chi connectivity index (χ0v) is 20.0.